The first kappa shape index (κ1) is 9.88. The van der Waals surface area contributed by atoms with Gasteiger partial charge >= 0.3 is 0 Å². The Kier molecular flexibility index (Phi) is 4.60. The summed E-state index contributed by atoms with van der Waals surface area (Å²) in [6, 6.07) is 0.411. The van der Waals surface area contributed by atoms with Crippen LogP contribution in [0.3, 0.4) is 0 Å². The van der Waals surface area contributed by atoms with Crippen LogP contribution in [0.1, 0.15) is 20.8 Å². The van der Waals surface area contributed by atoms with Crippen molar-refractivity contribution in [1.29, 1.82) is 0 Å². The van der Waals surface area contributed by atoms with E-state index in [-0.39, 0.29) is 18.2 Å². The first-order valence-corrected chi connectivity index (χ1v) is 3.71. The van der Waals surface area contributed by atoms with Crippen LogP contribution in [0.25, 0.3) is 0 Å². The summed E-state index contributed by atoms with van der Waals surface area (Å²) in [6.07, 6.45) is -0.291. The molecule has 0 bridgehead atoms. The van der Waals surface area contributed by atoms with Gasteiger partial charge in [-0.15, -0.1) is 0 Å². The molecular formula is C7H18N2O. The Labute approximate surface area is 62.6 Å². The molecule has 0 spiro atoms. The van der Waals surface area contributed by atoms with Gasteiger partial charge in [-0.2, -0.15) is 0 Å². The van der Waals surface area contributed by atoms with E-state index in [0.29, 0.717) is 6.54 Å². The Morgan fingerprint density at radius 2 is 1.90 bits per heavy atom. The Morgan fingerprint density at radius 3 is 2.20 bits per heavy atom. The SMILES string of the molecule is CC(O)CNC(C)C(C)N. The van der Waals surface area contributed by atoms with Crippen molar-refractivity contribution < 1.29 is 5.11 Å². The summed E-state index contributed by atoms with van der Waals surface area (Å²) in [5.74, 6) is 0. The molecule has 0 saturated carbocycles. The smallest absolute Gasteiger partial charge is 0.0636 e. The summed E-state index contributed by atoms with van der Waals surface area (Å²) >= 11 is 0. The lowest BCUT2D eigenvalue weighted by atomic mass is 10.2. The molecule has 0 aliphatic heterocycles. The van der Waals surface area contributed by atoms with Gasteiger partial charge in [0.1, 0.15) is 0 Å². The first-order valence-electron chi connectivity index (χ1n) is 3.71. The molecule has 0 saturated heterocycles. The van der Waals surface area contributed by atoms with E-state index in [9.17, 15) is 0 Å². The fraction of sp³-hybridized carbons (Fsp3) is 1.00. The molecule has 0 aromatic carbocycles. The van der Waals surface area contributed by atoms with E-state index in [0.717, 1.165) is 0 Å². The summed E-state index contributed by atoms with van der Waals surface area (Å²) in [6.45, 7) is 6.32. The first-order chi connectivity index (χ1) is 4.54. The van der Waals surface area contributed by atoms with Crippen molar-refractivity contribution >= 4 is 0 Å². The summed E-state index contributed by atoms with van der Waals surface area (Å²) in [4.78, 5) is 0. The highest BCUT2D eigenvalue weighted by atomic mass is 16.3. The Morgan fingerprint density at radius 1 is 1.40 bits per heavy atom. The van der Waals surface area contributed by atoms with E-state index in [2.05, 4.69) is 5.32 Å². The van der Waals surface area contributed by atoms with Crippen molar-refractivity contribution in [3.63, 3.8) is 0 Å². The number of hydrogen-bond donors (Lipinski definition) is 3. The molecule has 3 atom stereocenters. The van der Waals surface area contributed by atoms with Crippen molar-refractivity contribution in [2.75, 3.05) is 6.54 Å². The van der Waals surface area contributed by atoms with Crippen LogP contribution in [0.4, 0.5) is 0 Å². The van der Waals surface area contributed by atoms with E-state index in [4.69, 9.17) is 10.8 Å². The van der Waals surface area contributed by atoms with E-state index < -0.39 is 0 Å². The molecule has 0 rings (SSSR count). The van der Waals surface area contributed by atoms with E-state index in [1.54, 1.807) is 6.92 Å². The van der Waals surface area contributed by atoms with Gasteiger partial charge in [-0.05, 0) is 20.8 Å². The van der Waals surface area contributed by atoms with E-state index >= 15 is 0 Å². The second kappa shape index (κ2) is 4.66. The molecule has 0 radical (unpaired) electrons. The van der Waals surface area contributed by atoms with Crippen LogP contribution >= 0.6 is 0 Å². The van der Waals surface area contributed by atoms with Gasteiger partial charge < -0.3 is 16.2 Å². The van der Waals surface area contributed by atoms with Gasteiger partial charge in [0.25, 0.3) is 0 Å². The minimum Gasteiger partial charge on any atom is -0.392 e. The topological polar surface area (TPSA) is 58.3 Å². The van der Waals surface area contributed by atoms with Crippen molar-refractivity contribution in [3.05, 3.63) is 0 Å². The largest absolute Gasteiger partial charge is 0.392 e. The number of nitrogens with one attached hydrogen (secondary N) is 1. The maximum Gasteiger partial charge on any atom is 0.0636 e. The summed E-state index contributed by atoms with van der Waals surface area (Å²) in [7, 11) is 0. The predicted octanol–water partition coefficient (Wildman–Crippen LogP) is -0.307. The second-order valence-electron chi connectivity index (χ2n) is 2.91. The Hall–Kier alpha value is -0.120. The maximum atomic E-state index is 8.88. The molecule has 0 heterocycles. The maximum absolute atomic E-state index is 8.88. The van der Waals surface area contributed by atoms with Crippen LogP contribution in [0.2, 0.25) is 0 Å². The molecule has 0 aliphatic carbocycles. The third-order valence-corrected chi connectivity index (χ3v) is 1.52. The van der Waals surface area contributed by atoms with Crippen LogP contribution in [-0.4, -0.2) is 29.8 Å². The summed E-state index contributed by atoms with van der Waals surface area (Å²) < 4.78 is 0. The van der Waals surface area contributed by atoms with Gasteiger partial charge in [0.15, 0.2) is 0 Å². The van der Waals surface area contributed by atoms with Crippen LogP contribution < -0.4 is 11.1 Å². The number of hydrogen-bond acceptors (Lipinski definition) is 3. The Balaban J connectivity index is 3.30. The van der Waals surface area contributed by atoms with E-state index in [1.165, 1.54) is 0 Å². The molecular weight excluding hydrogens is 128 g/mol. The van der Waals surface area contributed by atoms with E-state index in [1.807, 2.05) is 13.8 Å². The molecule has 0 aromatic rings. The molecule has 3 heteroatoms. The number of aliphatic hydroxyl groups is 1. The van der Waals surface area contributed by atoms with Gasteiger partial charge in [0.05, 0.1) is 6.10 Å². The predicted molar refractivity (Wildman–Crippen MR) is 42.8 cm³/mol. The molecule has 10 heavy (non-hydrogen) atoms. The number of rotatable bonds is 4. The van der Waals surface area contributed by atoms with Gasteiger partial charge in [0.2, 0.25) is 0 Å². The molecule has 0 fully saturated rings. The normalized spacial score (nSPS) is 20.1. The Bertz CT molecular complexity index is 83.7. The summed E-state index contributed by atoms with van der Waals surface area (Å²) in [5, 5.41) is 12.0. The zero-order valence-electron chi connectivity index (χ0n) is 6.96. The van der Waals surface area contributed by atoms with Gasteiger partial charge in [0, 0.05) is 18.6 Å². The van der Waals surface area contributed by atoms with Crippen LogP contribution in [0, 0.1) is 0 Å². The highest BCUT2D eigenvalue weighted by Crippen LogP contribution is 1.87. The van der Waals surface area contributed by atoms with Crippen molar-refractivity contribution in [2.24, 2.45) is 5.73 Å². The number of aliphatic hydroxyl groups excluding tert-OH is 1. The monoisotopic (exact) mass is 146 g/mol. The zero-order chi connectivity index (χ0) is 8.15. The molecule has 3 nitrogen and oxygen atoms in total. The quantitative estimate of drug-likeness (QED) is 0.510. The lowest BCUT2D eigenvalue weighted by Crippen LogP contribution is -2.43. The molecule has 3 unspecified atom stereocenters. The lowest BCUT2D eigenvalue weighted by Gasteiger charge is -2.18. The highest BCUT2D eigenvalue weighted by Gasteiger charge is 2.06. The van der Waals surface area contributed by atoms with Gasteiger partial charge in [-0.25, -0.2) is 0 Å². The van der Waals surface area contributed by atoms with Crippen LogP contribution in [-0.2, 0) is 0 Å². The highest BCUT2D eigenvalue weighted by molar-refractivity contribution is 4.70. The minimum atomic E-state index is -0.291. The third kappa shape index (κ3) is 4.73. The minimum absolute atomic E-state index is 0.138. The zero-order valence-corrected chi connectivity index (χ0v) is 6.96. The van der Waals surface area contributed by atoms with Gasteiger partial charge in [-0.3, -0.25) is 0 Å². The average Bonchev–Trinajstić information content (AvgIpc) is 1.82. The van der Waals surface area contributed by atoms with Crippen LogP contribution in [0.15, 0.2) is 0 Å². The number of nitrogens with two attached hydrogens (primary N) is 1. The molecule has 0 aliphatic rings. The molecule has 62 valence electrons. The standard InChI is InChI=1S/C7H18N2O/c1-5(10)4-9-7(3)6(2)8/h5-7,9-10H,4,8H2,1-3H3. The molecule has 0 amide bonds. The average molecular weight is 146 g/mol. The second-order valence-corrected chi connectivity index (χ2v) is 2.91. The molecule has 4 N–H and O–H groups in total. The lowest BCUT2D eigenvalue weighted by molar-refractivity contribution is 0.185. The summed E-state index contributed by atoms with van der Waals surface area (Å²) in [5.41, 5.74) is 5.58. The fourth-order valence-corrected chi connectivity index (χ4v) is 0.542. The molecule has 0 aromatic heterocycles. The van der Waals surface area contributed by atoms with Gasteiger partial charge in [-0.1, -0.05) is 0 Å². The fourth-order valence-electron chi connectivity index (χ4n) is 0.542. The van der Waals surface area contributed by atoms with Crippen molar-refractivity contribution in [1.82, 2.24) is 5.32 Å². The van der Waals surface area contributed by atoms with Crippen molar-refractivity contribution in [3.8, 4) is 0 Å². The third-order valence-electron chi connectivity index (χ3n) is 1.52. The van der Waals surface area contributed by atoms with Crippen LogP contribution in [0.5, 0.6) is 0 Å². The van der Waals surface area contributed by atoms with Crippen molar-refractivity contribution in [2.45, 2.75) is 39.0 Å².